The topological polar surface area (TPSA) is 64.4 Å². The van der Waals surface area contributed by atoms with E-state index in [1.807, 2.05) is 62.4 Å². The van der Waals surface area contributed by atoms with E-state index < -0.39 is 0 Å². The molecule has 2 aromatic carbocycles. The van der Waals surface area contributed by atoms with Gasteiger partial charge in [0.2, 0.25) is 11.8 Å². The number of aromatic nitrogens is 1. The van der Waals surface area contributed by atoms with Crippen molar-refractivity contribution in [3.8, 4) is 17.1 Å². The van der Waals surface area contributed by atoms with Crippen LogP contribution in [-0.2, 0) is 11.3 Å². The second-order valence-electron chi connectivity index (χ2n) is 6.13. The summed E-state index contributed by atoms with van der Waals surface area (Å²) < 4.78 is 11.4. The maximum Gasteiger partial charge on any atom is 0.223 e. The van der Waals surface area contributed by atoms with Crippen LogP contribution in [0.15, 0.2) is 59.1 Å². The zero-order chi connectivity index (χ0) is 18.4. The third kappa shape index (κ3) is 4.72. The van der Waals surface area contributed by atoms with Gasteiger partial charge in [0.15, 0.2) is 5.76 Å². The number of ether oxygens (including phenoxy) is 1. The second-order valence-corrected chi connectivity index (χ2v) is 6.13. The third-order valence-corrected chi connectivity index (χ3v) is 3.98. The van der Waals surface area contributed by atoms with E-state index >= 15 is 0 Å². The number of hydrogen-bond acceptors (Lipinski definition) is 4. The first-order valence-electron chi connectivity index (χ1n) is 8.59. The average molecular weight is 350 g/mol. The quantitative estimate of drug-likeness (QED) is 0.698. The van der Waals surface area contributed by atoms with E-state index in [4.69, 9.17) is 9.15 Å². The molecule has 0 spiro atoms. The first-order valence-corrected chi connectivity index (χ1v) is 8.59. The molecule has 1 N–H and O–H groups in total. The Hall–Kier alpha value is -3.08. The van der Waals surface area contributed by atoms with Crippen molar-refractivity contribution >= 4 is 5.91 Å². The normalized spacial score (nSPS) is 10.5. The summed E-state index contributed by atoms with van der Waals surface area (Å²) in [6.07, 6.45) is 1.94. The molecule has 26 heavy (non-hydrogen) atoms. The average Bonchev–Trinajstić information content (AvgIpc) is 3.13. The van der Waals surface area contributed by atoms with Gasteiger partial charge in [0.1, 0.15) is 5.75 Å². The molecule has 0 aliphatic rings. The Balaban J connectivity index is 1.44. The molecule has 5 heteroatoms. The molecule has 0 radical (unpaired) electrons. The monoisotopic (exact) mass is 350 g/mol. The zero-order valence-electron chi connectivity index (χ0n) is 15.0. The van der Waals surface area contributed by atoms with E-state index in [9.17, 15) is 4.79 Å². The predicted octanol–water partition coefficient (Wildman–Crippen LogP) is 4.04. The lowest BCUT2D eigenvalue weighted by molar-refractivity contribution is -0.121. The highest BCUT2D eigenvalue weighted by Crippen LogP contribution is 2.20. The molecular formula is C21H22N2O3. The molecule has 0 saturated heterocycles. The lowest BCUT2D eigenvalue weighted by atomic mass is 10.1. The van der Waals surface area contributed by atoms with E-state index in [-0.39, 0.29) is 18.9 Å². The van der Waals surface area contributed by atoms with Crippen molar-refractivity contribution in [3.63, 3.8) is 0 Å². The van der Waals surface area contributed by atoms with Gasteiger partial charge < -0.3 is 14.5 Å². The number of aryl methyl sites for hydroxylation is 2. The summed E-state index contributed by atoms with van der Waals surface area (Å²) in [5, 5.41) is 2.80. The van der Waals surface area contributed by atoms with Crippen LogP contribution in [0, 0.1) is 13.8 Å². The van der Waals surface area contributed by atoms with E-state index in [0.29, 0.717) is 18.3 Å². The molecule has 0 aliphatic heterocycles. The van der Waals surface area contributed by atoms with Crippen molar-refractivity contribution in [2.75, 3.05) is 6.61 Å². The van der Waals surface area contributed by atoms with Crippen molar-refractivity contribution in [2.45, 2.75) is 26.8 Å². The Morgan fingerprint density at radius 2 is 1.96 bits per heavy atom. The van der Waals surface area contributed by atoms with Crippen molar-refractivity contribution in [1.82, 2.24) is 10.3 Å². The highest BCUT2D eigenvalue weighted by atomic mass is 16.5. The number of carbonyl (C=O) groups excluding carboxylic acids is 1. The predicted molar refractivity (Wildman–Crippen MR) is 99.8 cm³/mol. The first-order chi connectivity index (χ1) is 12.6. The minimum atomic E-state index is -0.102. The minimum absolute atomic E-state index is 0.102. The first kappa shape index (κ1) is 17.7. The zero-order valence-corrected chi connectivity index (χ0v) is 15.0. The van der Waals surface area contributed by atoms with Crippen LogP contribution in [0.1, 0.15) is 23.4 Å². The fraction of sp³-hybridized carbons (Fsp3) is 0.238. The molecule has 3 aromatic rings. The third-order valence-electron chi connectivity index (χ3n) is 3.98. The fourth-order valence-corrected chi connectivity index (χ4v) is 2.51. The van der Waals surface area contributed by atoms with Crippen LogP contribution in [0.5, 0.6) is 5.75 Å². The number of nitrogens with one attached hydrogen (secondary N) is 1. The highest BCUT2D eigenvalue weighted by Gasteiger charge is 2.08. The summed E-state index contributed by atoms with van der Waals surface area (Å²) >= 11 is 0. The summed E-state index contributed by atoms with van der Waals surface area (Å²) in [6.45, 7) is 4.59. The van der Waals surface area contributed by atoms with Crippen molar-refractivity contribution in [3.05, 3.63) is 71.7 Å². The van der Waals surface area contributed by atoms with Crippen molar-refractivity contribution in [2.24, 2.45) is 0 Å². The molecule has 3 rings (SSSR count). The van der Waals surface area contributed by atoms with Crippen molar-refractivity contribution in [1.29, 1.82) is 0 Å². The number of benzene rings is 2. The molecule has 1 heterocycles. The summed E-state index contributed by atoms with van der Waals surface area (Å²) in [4.78, 5) is 16.2. The maximum absolute atomic E-state index is 12.0. The van der Waals surface area contributed by atoms with Crippen molar-refractivity contribution < 1.29 is 13.9 Å². The molecular weight excluding hydrogens is 328 g/mol. The molecule has 0 aliphatic carbocycles. The van der Waals surface area contributed by atoms with Crippen LogP contribution in [0.25, 0.3) is 11.3 Å². The van der Waals surface area contributed by atoms with E-state index in [0.717, 1.165) is 22.4 Å². The summed E-state index contributed by atoms with van der Waals surface area (Å²) in [7, 11) is 0. The number of hydrogen-bond donors (Lipinski definition) is 1. The Bertz CT molecular complexity index is 872. The SMILES string of the molecule is Cc1ccc(C)c(OCCC(=O)NCc2ncc(-c3ccccc3)o2)c1. The lowest BCUT2D eigenvalue weighted by Crippen LogP contribution is -2.24. The summed E-state index contributed by atoms with van der Waals surface area (Å²) in [6, 6.07) is 15.8. The molecule has 0 bridgehead atoms. The smallest absolute Gasteiger partial charge is 0.223 e. The van der Waals surface area contributed by atoms with Gasteiger partial charge in [-0.2, -0.15) is 0 Å². The van der Waals surface area contributed by atoms with Gasteiger partial charge >= 0.3 is 0 Å². The maximum atomic E-state index is 12.0. The molecule has 134 valence electrons. The molecule has 0 atom stereocenters. The molecule has 0 saturated carbocycles. The summed E-state index contributed by atoms with van der Waals surface area (Å²) in [5.74, 6) is 1.88. The number of carbonyl (C=O) groups is 1. The van der Waals surface area contributed by atoms with Gasteiger partial charge in [0.05, 0.1) is 25.8 Å². The van der Waals surface area contributed by atoms with Crippen LogP contribution in [0.2, 0.25) is 0 Å². The highest BCUT2D eigenvalue weighted by molar-refractivity contribution is 5.75. The van der Waals surface area contributed by atoms with Gasteiger partial charge in [-0.15, -0.1) is 0 Å². The van der Waals surface area contributed by atoms with Gasteiger partial charge in [-0.25, -0.2) is 4.98 Å². The van der Waals surface area contributed by atoms with E-state index in [1.165, 1.54) is 0 Å². The van der Waals surface area contributed by atoms with E-state index in [2.05, 4.69) is 10.3 Å². The summed E-state index contributed by atoms with van der Waals surface area (Å²) in [5.41, 5.74) is 3.15. The van der Waals surface area contributed by atoms with Gasteiger partial charge in [0.25, 0.3) is 0 Å². The number of oxazole rings is 1. The lowest BCUT2D eigenvalue weighted by Gasteiger charge is -2.09. The van der Waals surface area contributed by atoms with Gasteiger partial charge in [-0.05, 0) is 31.0 Å². The Morgan fingerprint density at radius 1 is 1.15 bits per heavy atom. The second kappa shape index (κ2) is 8.34. The number of nitrogens with zero attached hydrogens (tertiary/aromatic N) is 1. The van der Waals surface area contributed by atoms with Gasteiger partial charge in [-0.3, -0.25) is 4.79 Å². The van der Waals surface area contributed by atoms with Crippen LogP contribution in [0.4, 0.5) is 0 Å². The largest absolute Gasteiger partial charge is 0.493 e. The van der Waals surface area contributed by atoms with E-state index in [1.54, 1.807) is 6.20 Å². The molecule has 0 fully saturated rings. The van der Waals surface area contributed by atoms with Crippen LogP contribution in [0.3, 0.4) is 0 Å². The number of amides is 1. The van der Waals surface area contributed by atoms with Crippen LogP contribution < -0.4 is 10.1 Å². The number of rotatable bonds is 7. The Labute approximate surface area is 153 Å². The van der Waals surface area contributed by atoms with Crippen LogP contribution in [-0.4, -0.2) is 17.5 Å². The molecule has 0 unspecified atom stereocenters. The standard InChI is InChI=1S/C21H22N2O3/c1-15-8-9-16(2)18(12-15)25-11-10-20(24)22-14-21-23-13-19(26-21)17-6-4-3-5-7-17/h3-9,12-13H,10-11,14H2,1-2H3,(H,22,24). The van der Waals surface area contributed by atoms with Gasteiger partial charge in [0, 0.05) is 5.56 Å². The minimum Gasteiger partial charge on any atom is -0.493 e. The molecule has 1 amide bonds. The molecule has 5 nitrogen and oxygen atoms in total. The molecule has 1 aromatic heterocycles. The Kier molecular flexibility index (Phi) is 5.69. The van der Waals surface area contributed by atoms with Crippen LogP contribution >= 0.6 is 0 Å². The Morgan fingerprint density at radius 3 is 2.77 bits per heavy atom. The van der Waals surface area contributed by atoms with Gasteiger partial charge in [-0.1, -0.05) is 42.5 Å². The fourth-order valence-electron chi connectivity index (χ4n) is 2.51.